The van der Waals surface area contributed by atoms with Crippen LogP contribution in [-0.2, 0) is 0 Å². The van der Waals surface area contributed by atoms with Gasteiger partial charge in [0.05, 0.1) is 0 Å². The van der Waals surface area contributed by atoms with E-state index in [0.29, 0.717) is 0 Å². The Balaban J connectivity index is 1.49. The highest BCUT2D eigenvalue weighted by Crippen LogP contribution is 2.32. The quantitative estimate of drug-likeness (QED) is 0.507. The predicted octanol–water partition coefficient (Wildman–Crippen LogP) is 3.64. The fraction of sp³-hybridized carbons (Fsp3) is 0.263. The minimum atomic E-state index is -1.02. The van der Waals surface area contributed by atoms with Crippen LogP contribution >= 0.6 is 11.3 Å². The lowest BCUT2D eigenvalue weighted by molar-refractivity contribution is 0.0839. The molecule has 0 saturated heterocycles. The molecule has 11 heteroatoms. The summed E-state index contributed by atoms with van der Waals surface area (Å²) in [6, 6.07) is 4.49. The van der Waals surface area contributed by atoms with Crippen LogP contribution in [0.5, 0.6) is 0 Å². The maximum absolute atomic E-state index is 13.4. The van der Waals surface area contributed by atoms with Crippen molar-refractivity contribution >= 4 is 39.7 Å². The number of nitrogens with one attached hydrogen (secondary N) is 2. The second kappa shape index (κ2) is 7.48. The molecule has 0 atom stereocenters. The third kappa shape index (κ3) is 3.88. The van der Waals surface area contributed by atoms with Crippen molar-refractivity contribution in [1.82, 2.24) is 15.5 Å². The largest absolute Gasteiger partial charge is 0.382 e. The molecule has 8 nitrogen and oxygen atoms in total. The molecule has 0 radical (unpaired) electrons. The lowest BCUT2D eigenvalue weighted by Gasteiger charge is -2.38. The number of thiazole rings is 1. The molecular weight excluding hydrogens is 416 g/mol. The Bertz CT molecular complexity index is 1140. The van der Waals surface area contributed by atoms with Crippen molar-refractivity contribution in [3.63, 3.8) is 0 Å². The highest BCUT2D eigenvalue weighted by atomic mass is 32.1. The number of hydrogen-bond acceptors (Lipinski definition) is 8. The molecule has 1 aromatic carbocycles. The van der Waals surface area contributed by atoms with E-state index in [9.17, 15) is 18.4 Å². The number of halogens is 2. The zero-order valence-corrected chi connectivity index (χ0v) is 16.6. The molecule has 2 aromatic heterocycles. The van der Waals surface area contributed by atoms with E-state index in [1.54, 1.807) is 0 Å². The van der Waals surface area contributed by atoms with E-state index in [0.717, 1.165) is 42.7 Å². The van der Waals surface area contributed by atoms with Gasteiger partial charge >= 0.3 is 0 Å². The molecule has 0 aliphatic heterocycles. The second-order valence-electron chi connectivity index (χ2n) is 7.26. The Morgan fingerprint density at radius 2 is 2.00 bits per heavy atom. The zero-order valence-electron chi connectivity index (χ0n) is 15.8. The molecule has 0 unspecified atom stereocenters. The summed E-state index contributed by atoms with van der Waals surface area (Å²) in [4.78, 5) is 29.1. The van der Waals surface area contributed by atoms with E-state index in [2.05, 4.69) is 20.8 Å². The van der Waals surface area contributed by atoms with E-state index < -0.39 is 23.3 Å². The van der Waals surface area contributed by atoms with Crippen molar-refractivity contribution in [2.45, 2.75) is 31.7 Å². The number of anilines is 3. The molecule has 0 spiro atoms. The van der Waals surface area contributed by atoms with Crippen LogP contribution in [0.2, 0.25) is 0 Å². The van der Waals surface area contributed by atoms with Gasteiger partial charge < -0.3 is 20.9 Å². The van der Waals surface area contributed by atoms with Gasteiger partial charge in [-0.25, -0.2) is 13.8 Å². The number of nitrogen functional groups attached to an aromatic ring is 1. The van der Waals surface area contributed by atoms with Crippen LogP contribution in [0.3, 0.4) is 0 Å². The molecule has 1 aliphatic rings. The summed E-state index contributed by atoms with van der Waals surface area (Å²) < 4.78 is 31.4. The van der Waals surface area contributed by atoms with E-state index in [1.165, 1.54) is 12.1 Å². The molecule has 4 N–H and O–H groups in total. The summed E-state index contributed by atoms with van der Waals surface area (Å²) in [5.74, 6) is -3.24. The molecule has 4 rings (SSSR count). The van der Waals surface area contributed by atoms with Gasteiger partial charge in [0.1, 0.15) is 10.7 Å². The van der Waals surface area contributed by atoms with Crippen molar-refractivity contribution in [3.05, 3.63) is 52.2 Å². The fourth-order valence-electron chi connectivity index (χ4n) is 3.02. The van der Waals surface area contributed by atoms with Gasteiger partial charge in [-0.3, -0.25) is 9.59 Å². The van der Waals surface area contributed by atoms with E-state index in [-0.39, 0.29) is 38.5 Å². The molecular formula is C19H17F2N5O3S. The van der Waals surface area contributed by atoms with Crippen LogP contribution in [0, 0.1) is 11.6 Å². The number of rotatable bonds is 6. The number of amides is 1. The highest BCUT2D eigenvalue weighted by Gasteiger charge is 2.34. The number of hydrogen-bond donors (Lipinski definition) is 3. The molecule has 30 heavy (non-hydrogen) atoms. The molecule has 2 heterocycles. The maximum Gasteiger partial charge on any atom is 0.273 e. The normalized spacial score (nSPS) is 14.8. The van der Waals surface area contributed by atoms with Crippen LogP contribution in [0.4, 0.5) is 25.4 Å². The Hall–Kier alpha value is -3.34. The maximum atomic E-state index is 13.4. The number of carbonyl (C=O) groups is 2. The average Bonchev–Trinajstić information content (AvgIpc) is 3.30. The summed E-state index contributed by atoms with van der Waals surface area (Å²) in [7, 11) is 0. The lowest BCUT2D eigenvalue weighted by Crippen LogP contribution is -2.51. The van der Waals surface area contributed by atoms with Crippen molar-refractivity contribution in [2.75, 3.05) is 11.1 Å². The first-order chi connectivity index (χ1) is 14.2. The Morgan fingerprint density at radius 1 is 1.23 bits per heavy atom. The molecule has 1 fully saturated rings. The minimum absolute atomic E-state index is 0.00491. The van der Waals surface area contributed by atoms with Gasteiger partial charge in [0.15, 0.2) is 22.5 Å². The molecule has 0 bridgehead atoms. The summed E-state index contributed by atoms with van der Waals surface area (Å²) in [6.45, 7) is 1.94. The minimum Gasteiger partial charge on any atom is -0.382 e. The van der Waals surface area contributed by atoms with Gasteiger partial charge in [0.25, 0.3) is 5.91 Å². The fourth-order valence-corrected chi connectivity index (χ4v) is 3.87. The standard InChI is InChI=1S/C19H17F2N5O3S/c1-19(5-2-6-19)25-17(28)12-8-13(29-26-12)14(27)15-16(22)24-18(30-15)23-9-3-4-10(20)11(21)7-9/h3-4,7-8H,2,5-6,22H2,1H3,(H,23,24)(H,25,28). The van der Waals surface area contributed by atoms with E-state index in [1.807, 2.05) is 6.92 Å². The van der Waals surface area contributed by atoms with Gasteiger partial charge in [0.2, 0.25) is 11.5 Å². The number of ketones is 1. The topological polar surface area (TPSA) is 123 Å². The SMILES string of the molecule is CC1(NC(=O)c2cc(C(=O)c3sc(Nc4ccc(F)c(F)c4)nc3N)on2)CCC1. The zero-order chi connectivity index (χ0) is 21.5. The second-order valence-corrected chi connectivity index (χ2v) is 8.26. The summed E-state index contributed by atoms with van der Waals surface area (Å²) in [6.07, 6.45) is 2.81. The average molecular weight is 433 g/mol. The lowest BCUT2D eigenvalue weighted by atomic mass is 9.78. The molecule has 3 aromatic rings. The van der Waals surface area contributed by atoms with E-state index >= 15 is 0 Å². The Kier molecular flexibility index (Phi) is 4.98. The van der Waals surface area contributed by atoms with Crippen molar-refractivity contribution in [2.24, 2.45) is 0 Å². The Morgan fingerprint density at radius 3 is 2.67 bits per heavy atom. The van der Waals surface area contributed by atoms with Gasteiger partial charge in [0, 0.05) is 23.4 Å². The molecule has 1 saturated carbocycles. The highest BCUT2D eigenvalue weighted by molar-refractivity contribution is 7.18. The Labute approximate surface area is 173 Å². The van der Waals surface area contributed by atoms with Crippen LogP contribution in [0.15, 0.2) is 28.8 Å². The van der Waals surface area contributed by atoms with E-state index in [4.69, 9.17) is 10.3 Å². The van der Waals surface area contributed by atoms with Crippen molar-refractivity contribution < 1.29 is 22.9 Å². The van der Waals surface area contributed by atoms with Crippen LogP contribution in [-0.4, -0.2) is 27.4 Å². The monoisotopic (exact) mass is 433 g/mol. The van der Waals surface area contributed by atoms with Gasteiger partial charge in [-0.1, -0.05) is 16.5 Å². The first kappa shape index (κ1) is 20.0. The van der Waals surface area contributed by atoms with Gasteiger partial charge in [-0.05, 0) is 38.3 Å². The van der Waals surface area contributed by atoms with Crippen LogP contribution in [0.1, 0.15) is 52.1 Å². The first-order valence-electron chi connectivity index (χ1n) is 9.06. The smallest absolute Gasteiger partial charge is 0.273 e. The van der Waals surface area contributed by atoms with Gasteiger partial charge in [-0.2, -0.15) is 0 Å². The summed E-state index contributed by atoms with van der Waals surface area (Å²) in [5.41, 5.74) is 5.80. The summed E-state index contributed by atoms with van der Waals surface area (Å²) >= 11 is 0.906. The van der Waals surface area contributed by atoms with Crippen molar-refractivity contribution in [1.29, 1.82) is 0 Å². The van der Waals surface area contributed by atoms with Crippen molar-refractivity contribution in [3.8, 4) is 0 Å². The molecule has 156 valence electrons. The number of benzene rings is 1. The summed E-state index contributed by atoms with van der Waals surface area (Å²) in [5, 5.41) is 9.51. The third-order valence-electron chi connectivity index (χ3n) is 4.87. The first-order valence-corrected chi connectivity index (χ1v) is 9.88. The molecule has 1 amide bonds. The molecule has 1 aliphatic carbocycles. The van der Waals surface area contributed by atoms with Gasteiger partial charge in [-0.15, -0.1) is 0 Å². The number of nitrogens with two attached hydrogens (primary N) is 1. The van der Waals surface area contributed by atoms with Crippen LogP contribution in [0.25, 0.3) is 0 Å². The number of nitrogens with zero attached hydrogens (tertiary/aromatic N) is 2. The number of carbonyl (C=O) groups excluding carboxylic acids is 2. The third-order valence-corrected chi connectivity index (χ3v) is 5.85. The predicted molar refractivity (Wildman–Crippen MR) is 106 cm³/mol. The number of aromatic nitrogens is 2. The van der Waals surface area contributed by atoms with Crippen LogP contribution < -0.4 is 16.4 Å².